The molecule has 84 valence electrons. The monoisotopic (exact) mass is 298 g/mol. The second-order valence-corrected chi connectivity index (χ2v) is 5.12. The maximum Gasteiger partial charge on any atom is 0.181 e. The number of nitrogen functional groups attached to an aromatic ring is 1. The normalized spacial score (nSPS) is 10.4. The van der Waals surface area contributed by atoms with Crippen molar-refractivity contribution >= 4 is 32.4 Å². The van der Waals surface area contributed by atoms with Crippen LogP contribution < -0.4 is 10.5 Å². The molecular formula is C11H11BrN2OS. The van der Waals surface area contributed by atoms with Crippen LogP contribution in [0.5, 0.6) is 5.75 Å². The third-order valence-corrected chi connectivity index (χ3v) is 4.01. The van der Waals surface area contributed by atoms with Gasteiger partial charge < -0.3 is 10.5 Å². The van der Waals surface area contributed by atoms with Gasteiger partial charge in [-0.2, -0.15) is 0 Å². The second kappa shape index (κ2) is 4.84. The number of nitrogens with zero attached hydrogens (tertiary/aromatic N) is 1. The highest BCUT2D eigenvalue weighted by Crippen LogP contribution is 2.30. The summed E-state index contributed by atoms with van der Waals surface area (Å²) in [6, 6.07) is 7.95. The van der Waals surface area contributed by atoms with E-state index in [9.17, 15) is 0 Å². The van der Waals surface area contributed by atoms with E-state index in [4.69, 9.17) is 10.5 Å². The van der Waals surface area contributed by atoms with Gasteiger partial charge in [-0.1, -0.05) is 18.2 Å². The number of methoxy groups -OCH3 is 1. The number of hydrogen-bond acceptors (Lipinski definition) is 4. The molecule has 0 aliphatic rings. The zero-order valence-corrected chi connectivity index (χ0v) is 11.1. The Morgan fingerprint density at radius 2 is 2.19 bits per heavy atom. The molecule has 2 aromatic rings. The van der Waals surface area contributed by atoms with E-state index in [2.05, 4.69) is 20.9 Å². The van der Waals surface area contributed by atoms with Crippen LogP contribution in [0.15, 0.2) is 28.9 Å². The van der Waals surface area contributed by atoms with Gasteiger partial charge in [0.1, 0.15) is 10.4 Å². The number of benzene rings is 1. The molecule has 1 heterocycles. The van der Waals surface area contributed by atoms with Crippen molar-refractivity contribution in [2.75, 3.05) is 12.8 Å². The molecule has 0 saturated heterocycles. The number of aromatic nitrogens is 1. The minimum absolute atomic E-state index is 0.580. The number of nitrogens with two attached hydrogens (primary N) is 1. The van der Waals surface area contributed by atoms with E-state index in [0.717, 1.165) is 27.2 Å². The van der Waals surface area contributed by atoms with Crippen molar-refractivity contribution in [3.8, 4) is 5.75 Å². The third kappa shape index (κ3) is 2.36. The summed E-state index contributed by atoms with van der Waals surface area (Å²) in [5.41, 5.74) is 6.78. The van der Waals surface area contributed by atoms with Gasteiger partial charge in [-0.3, -0.25) is 0 Å². The first kappa shape index (κ1) is 11.4. The van der Waals surface area contributed by atoms with E-state index < -0.39 is 0 Å². The lowest BCUT2D eigenvalue weighted by Gasteiger charge is -2.06. The Bertz CT molecular complexity index is 498. The summed E-state index contributed by atoms with van der Waals surface area (Å²) in [7, 11) is 1.68. The second-order valence-electron chi connectivity index (χ2n) is 3.25. The molecule has 1 aromatic carbocycles. The summed E-state index contributed by atoms with van der Waals surface area (Å²) in [6.07, 6.45) is 0.777. The zero-order chi connectivity index (χ0) is 11.5. The smallest absolute Gasteiger partial charge is 0.181 e. The van der Waals surface area contributed by atoms with Crippen molar-refractivity contribution in [2.45, 2.75) is 6.42 Å². The SMILES string of the molecule is COc1ccccc1Cc1sc(N)nc1Br. The van der Waals surface area contributed by atoms with Gasteiger partial charge in [-0.15, -0.1) is 11.3 Å². The summed E-state index contributed by atoms with van der Waals surface area (Å²) < 4.78 is 6.12. The van der Waals surface area contributed by atoms with Crippen molar-refractivity contribution in [2.24, 2.45) is 0 Å². The van der Waals surface area contributed by atoms with E-state index in [-0.39, 0.29) is 0 Å². The van der Waals surface area contributed by atoms with Crippen LogP contribution in [0.4, 0.5) is 5.13 Å². The summed E-state index contributed by atoms with van der Waals surface area (Å²) in [4.78, 5) is 5.25. The van der Waals surface area contributed by atoms with Crippen molar-refractivity contribution in [3.05, 3.63) is 39.3 Å². The lowest BCUT2D eigenvalue weighted by Crippen LogP contribution is -1.92. The number of ether oxygens (including phenoxy) is 1. The molecule has 0 radical (unpaired) electrons. The molecule has 0 amide bonds. The van der Waals surface area contributed by atoms with E-state index in [1.807, 2.05) is 24.3 Å². The van der Waals surface area contributed by atoms with E-state index in [1.165, 1.54) is 11.3 Å². The predicted octanol–water partition coefficient (Wildman–Crippen LogP) is 3.09. The fraction of sp³-hybridized carbons (Fsp3) is 0.182. The molecule has 0 aliphatic carbocycles. The van der Waals surface area contributed by atoms with E-state index in [0.29, 0.717) is 5.13 Å². The standard InChI is InChI=1S/C11H11BrN2OS/c1-15-8-5-3-2-4-7(8)6-9-10(12)14-11(13)16-9/h2-5H,6H2,1H3,(H2,13,14). The van der Waals surface area contributed by atoms with E-state index in [1.54, 1.807) is 7.11 Å². The van der Waals surface area contributed by atoms with Crippen LogP contribution in [0.3, 0.4) is 0 Å². The molecule has 16 heavy (non-hydrogen) atoms. The number of hydrogen-bond donors (Lipinski definition) is 1. The Labute approximate surface area is 106 Å². The largest absolute Gasteiger partial charge is 0.496 e. The topological polar surface area (TPSA) is 48.1 Å². The molecule has 0 saturated carbocycles. The van der Waals surface area contributed by atoms with Gasteiger partial charge in [0.2, 0.25) is 0 Å². The number of anilines is 1. The lowest BCUT2D eigenvalue weighted by molar-refractivity contribution is 0.410. The van der Waals surface area contributed by atoms with Crippen LogP contribution in [0.1, 0.15) is 10.4 Å². The zero-order valence-electron chi connectivity index (χ0n) is 8.74. The average molecular weight is 299 g/mol. The molecular weight excluding hydrogens is 288 g/mol. The maximum absolute atomic E-state index is 5.65. The first-order valence-electron chi connectivity index (χ1n) is 4.73. The van der Waals surface area contributed by atoms with Crippen LogP contribution in [-0.2, 0) is 6.42 Å². The van der Waals surface area contributed by atoms with Gasteiger partial charge in [0.05, 0.1) is 7.11 Å². The highest BCUT2D eigenvalue weighted by atomic mass is 79.9. The highest BCUT2D eigenvalue weighted by Gasteiger charge is 2.10. The van der Waals surface area contributed by atoms with Crippen LogP contribution >= 0.6 is 27.3 Å². The number of rotatable bonds is 3. The molecule has 2 N–H and O–H groups in total. The molecule has 2 rings (SSSR count). The minimum atomic E-state index is 0.580. The van der Waals surface area contributed by atoms with E-state index >= 15 is 0 Å². The first-order valence-corrected chi connectivity index (χ1v) is 6.34. The van der Waals surface area contributed by atoms with Gasteiger partial charge in [-0.05, 0) is 27.6 Å². The number of thiazole rings is 1. The first-order chi connectivity index (χ1) is 7.70. The third-order valence-electron chi connectivity index (χ3n) is 2.21. The fourth-order valence-electron chi connectivity index (χ4n) is 1.48. The molecule has 0 aliphatic heterocycles. The van der Waals surface area contributed by atoms with Gasteiger partial charge in [0.15, 0.2) is 5.13 Å². The molecule has 3 nitrogen and oxygen atoms in total. The molecule has 0 spiro atoms. The van der Waals surface area contributed by atoms with Crippen LogP contribution in [0.25, 0.3) is 0 Å². The van der Waals surface area contributed by atoms with Crippen LogP contribution in [-0.4, -0.2) is 12.1 Å². The van der Waals surface area contributed by atoms with Crippen molar-refractivity contribution in [1.29, 1.82) is 0 Å². The van der Waals surface area contributed by atoms with Gasteiger partial charge in [0, 0.05) is 11.3 Å². The van der Waals surface area contributed by atoms with Crippen molar-refractivity contribution in [3.63, 3.8) is 0 Å². The predicted molar refractivity (Wildman–Crippen MR) is 70.0 cm³/mol. The minimum Gasteiger partial charge on any atom is -0.496 e. The Kier molecular flexibility index (Phi) is 3.46. The summed E-state index contributed by atoms with van der Waals surface area (Å²) >= 11 is 4.89. The van der Waals surface area contributed by atoms with Crippen LogP contribution in [0.2, 0.25) is 0 Å². The highest BCUT2D eigenvalue weighted by molar-refractivity contribution is 9.10. The Balaban J connectivity index is 2.30. The van der Waals surface area contributed by atoms with Crippen LogP contribution in [0, 0.1) is 0 Å². The Morgan fingerprint density at radius 1 is 1.44 bits per heavy atom. The average Bonchev–Trinajstić information content (AvgIpc) is 2.58. The van der Waals surface area contributed by atoms with Gasteiger partial charge >= 0.3 is 0 Å². The number of para-hydroxylation sites is 1. The van der Waals surface area contributed by atoms with Crippen molar-refractivity contribution in [1.82, 2.24) is 4.98 Å². The Morgan fingerprint density at radius 3 is 2.81 bits per heavy atom. The molecule has 1 aromatic heterocycles. The molecule has 5 heteroatoms. The summed E-state index contributed by atoms with van der Waals surface area (Å²) in [5, 5.41) is 0.580. The molecule has 0 fully saturated rings. The summed E-state index contributed by atoms with van der Waals surface area (Å²) in [6.45, 7) is 0. The summed E-state index contributed by atoms with van der Waals surface area (Å²) in [5.74, 6) is 0.890. The van der Waals surface area contributed by atoms with Gasteiger partial charge in [-0.25, -0.2) is 4.98 Å². The maximum atomic E-state index is 5.65. The number of halogens is 1. The molecule has 0 atom stereocenters. The van der Waals surface area contributed by atoms with Gasteiger partial charge in [0.25, 0.3) is 0 Å². The molecule has 0 unspecified atom stereocenters. The fourth-order valence-corrected chi connectivity index (χ4v) is 2.92. The lowest BCUT2D eigenvalue weighted by atomic mass is 10.1. The quantitative estimate of drug-likeness (QED) is 0.947. The Hall–Kier alpha value is -1.07. The molecule has 0 bridgehead atoms. The van der Waals surface area contributed by atoms with Crippen molar-refractivity contribution < 1.29 is 4.74 Å².